The van der Waals surface area contributed by atoms with Crippen molar-refractivity contribution in [1.29, 1.82) is 0 Å². The molecule has 1 nitrogen and oxygen atoms in total. The zero-order valence-electron chi connectivity index (χ0n) is 9.88. The second-order valence-electron chi connectivity index (χ2n) is 4.89. The minimum absolute atomic E-state index is 0.350. The van der Waals surface area contributed by atoms with Crippen molar-refractivity contribution in [3.05, 3.63) is 28.7 Å². The lowest BCUT2D eigenvalue weighted by Gasteiger charge is -2.28. The highest BCUT2D eigenvalue weighted by Gasteiger charge is 2.24. The Bertz CT molecular complexity index is 323. The molecule has 0 aliphatic rings. The Hall–Kier alpha value is -0.283. The van der Waals surface area contributed by atoms with Gasteiger partial charge in [-0.05, 0) is 29.2 Å². The van der Waals surface area contributed by atoms with Crippen molar-refractivity contribution in [3.8, 4) is 5.75 Å². The van der Waals surface area contributed by atoms with Crippen LogP contribution in [0.2, 0.25) is 5.04 Å². The molecule has 0 radical (unpaired) electrons. The van der Waals surface area contributed by atoms with Gasteiger partial charge in [0.2, 0.25) is 9.76 Å². The van der Waals surface area contributed by atoms with Gasteiger partial charge < -0.3 is 4.43 Å². The molecule has 0 aliphatic carbocycles. The molecule has 0 bridgehead atoms. The Morgan fingerprint density at radius 1 is 1.33 bits per heavy atom. The van der Waals surface area contributed by atoms with Crippen LogP contribution in [0.15, 0.2) is 28.7 Å². The van der Waals surface area contributed by atoms with Crippen molar-refractivity contribution in [3.63, 3.8) is 0 Å². The quantitative estimate of drug-likeness (QED) is 0.766. The van der Waals surface area contributed by atoms with E-state index in [1.54, 1.807) is 0 Å². The van der Waals surface area contributed by atoms with E-state index < -0.39 is 9.76 Å². The van der Waals surface area contributed by atoms with Crippen LogP contribution in [-0.4, -0.2) is 9.76 Å². The van der Waals surface area contributed by atoms with Gasteiger partial charge in [-0.25, -0.2) is 0 Å². The summed E-state index contributed by atoms with van der Waals surface area (Å²) in [6.07, 6.45) is 0. The van der Waals surface area contributed by atoms with Gasteiger partial charge in [-0.15, -0.1) is 0 Å². The van der Waals surface area contributed by atoms with E-state index in [1.165, 1.54) is 0 Å². The van der Waals surface area contributed by atoms with Crippen LogP contribution >= 0.6 is 15.9 Å². The van der Waals surface area contributed by atoms with Crippen LogP contribution < -0.4 is 4.43 Å². The standard InChI is InChI=1S/C12H19BrOSi/c1-9(2)12(3,4)15-14-11-7-5-6-10(13)8-11/h5-9H,15H2,1-4H3. The lowest BCUT2D eigenvalue weighted by Crippen LogP contribution is -2.24. The Balaban J connectivity index is 2.57. The molecule has 1 rings (SSSR count). The van der Waals surface area contributed by atoms with Crippen LogP contribution in [0.3, 0.4) is 0 Å². The fourth-order valence-corrected chi connectivity index (χ4v) is 2.42. The lowest BCUT2D eigenvalue weighted by atomic mass is 9.99. The molecule has 0 saturated heterocycles. The van der Waals surface area contributed by atoms with Crippen molar-refractivity contribution in [2.45, 2.75) is 32.7 Å². The van der Waals surface area contributed by atoms with Gasteiger partial charge in [0.25, 0.3) is 0 Å². The molecular formula is C12H19BrOSi. The van der Waals surface area contributed by atoms with Gasteiger partial charge in [-0.3, -0.25) is 0 Å². The van der Waals surface area contributed by atoms with Crippen molar-refractivity contribution in [1.82, 2.24) is 0 Å². The summed E-state index contributed by atoms with van der Waals surface area (Å²) in [5, 5.41) is 0.350. The van der Waals surface area contributed by atoms with Crippen LogP contribution in [0.4, 0.5) is 0 Å². The van der Waals surface area contributed by atoms with Crippen LogP contribution in [-0.2, 0) is 0 Å². The Kier molecular flexibility index (Phi) is 4.41. The molecule has 0 heterocycles. The zero-order valence-corrected chi connectivity index (χ0v) is 12.9. The maximum atomic E-state index is 5.92. The van der Waals surface area contributed by atoms with Crippen LogP contribution in [0, 0.1) is 5.92 Å². The van der Waals surface area contributed by atoms with Gasteiger partial charge in [0, 0.05) is 4.47 Å². The van der Waals surface area contributed by atoms with Gasteiger partial charge in [0.15, 0.2) is 0 Å². The van der Waals surface area contributed by atoms with Crippen LogP contribution in [0.1, 0.15) is 27.7 Å². The number of hydrogen-bond donors (Lipinski definition) is 0. The number of rotatable bonds is 4. The third kappa shape index (κ3) is 3.99. The lowest BCUT2D eigenvalue weighted by molar-refractivity contribution is 0.428. The van der Waals surface area contributed by atoms with E-state index >= 15 is 0 Å². The van der Waals surface area contributed by atoms with Gasteiger partial charge in [-0.1, -0.05) is 49.7 Å². The fraction of sp³-hybridized carbons (Fsp3) is 0.500. The molecule has 3 heteroatoms. The molecule has 0 aliphatic heterocycles. The summed E-state index contributed by atoms with van der Waals surface area (Å²) >= 11 is 3.45. The van der Waals surface area contributed by atoms with E-state index in [9.17, 15) is 0 Å². The molecule has 0 N–H and O–H groups in total. The molecule has 0 aromatic heterocycles. The van der Waals surface area contributed by atoms with Gasteiger partial charge in [-0.2, -0.15) is 0 Å². The molecular weight excluding hydrogens is 268 g/mol. The topological polar surface area (TPSA) is 9.23 Å². The molecule has 1 aromatic rings. The van der Waals surface area contributed by atoms with Gasteiger partial charge in [0.1, 0.15) is 5.75 Å². The average Bonchev–Trinajstić information content (AvgIpc) is 2.15. The number of hydrogen-bond acceptors (Lipinski definition) is 1. The third-order valence-corrected chi connectivity index (χ3v) is 5.50. The van der Waals surface area contributed by atoms with Crippen molar-refractivity contribution >= 4 is 25.7 Å². The first kappa shape index (κ1) is 12.8. The Labute approximate surface area is 103 Å². The summed E-state index contributed by atoms with van der Waals surface area (Å²) in [7, 11) is -0.543. The van der Waals surface area contributed by atoms with Crippen molar-refractivity contribution in [2.24, 2.45) is 5.92 Å². The average molecular weight is 287 g/mol. The second-order valence-corrected chi connectivity index (χ2v) is 8.20. The number of benzene rings is 1. The highest BCUT2D eigenvalue weighted by molar-refractivity contribution is 9.10. The summed E-state index contributed by atoms with van der Waals surface area (Å²) in [5.41, 5.74) is 0. The summed E-state index contributed by atoms with van der Waals surface area (Å²) in [6.45, 7) is 9.11. The highest BCUT2D eigenvalue weighted by Crippen LogP contribution is 2.33. The first-order valence-electron chi connectivity index (χ1n) is 5.30. The molecule has 0 amide bonds. The van der Waals surface area contributed by atoms with E-state index in [-0.39, 0.29) is 0 Å². The largest absolute Gasteiger partial charge is 0.549 e. The molecule has 0 saturated carbocycles. The van der Waals surface area contributed by atoms with Crippen molar-refractivity contribution < 1.29 is 4.43 Å². The molecule has 0 spiro atoms. The first-order chi connectivity index (χ1) is 6.92. The normalized spacial score (nSPS) is 12.7. The first-order valence-corrected chi connectivity index (χ1v) is 7.38. The summed E-state index contributed by atoms with van der Waals surface area (Å²) in [4.78, 5) is 0. The summed E-state index contributed by atoms with van der Waals surface area (Å²) in [6, 6.07) is 8.08. The summed E-state index contributed by atoms with van der Waals surface area (Å²) < 4.78 is 7.00. The second kappa shape index (κ2) is 5.17. The monoisotopic (exact) mass is 286 g/mol. The minimum atomic E-state index is -0.543. The van der Waals surface area contributed by atoms with E-state index in [1.807, 2.05) is 24.3 Å². The van der Waals surface area contributed by atoms with Gasteiger partial charge in [0.05, 0.1) is 0 Å². The Morgan fingerprint density at radius 3 is 2.53 bits per heavy atom. The molecule has 1 aromatic carbocycles. The fourth-order valence-electron chi connectivity index (χ4n) is 0.993. The van der Waals surface area contributed by atoms with Gasteiger partial charge >= 0.3 is 0 Å². The van der Waals surface area contributed by atoms with E-state index in [4.69, 9.17) is 4.43 Å². The maximum Gasteiger partial charge on any atom is 0.225 e. The third-order valence-electron chi connectivity index (χ3n) is 2.97. The zero-order chi connectivity index (χ0) is 11.5. The molecule has 84 valence electrons. The smallest absolute Gasteiger partial charge is 0.225 e. The van der Waals surface area contributed by atoms with E-state index in [2.05, 4.69) is 43.6 Å². The SMILES string of the molecule is CC(C)C(C)(C)[SiH2]Oc1cccc(Br)c1. The molecule has 0 unspecified atom stereocenters. The van der Waals surface area contributed by atoms with Crippen LogP contribution in [0.25, 0.3) is 0 Å². The molecule has 0 fully saturated rings. The predicted molar refractivity (Wildman–Crippen MR) is 72.2 cm³/mol. The molecule has 15 heavy (non-hydrogen) atoms. The van der Waals surface area contributed by atoms with Crippen LogP contribution in [0.5, 0.6) is 5.75 Å². The van der Waals surface area contributed by atoms with E-state index in [0.717, 1.165) is 10.2 Å². The minimum Gasteiger partial charge on any atom is -0.549 e. The summed E-state index contributed by atoms with van der Waals surface area (Å²) in [5.74, 6) is 1.67. The number of halogens is 1. The predicted octanol–water partition coefficient (Wildman–Crippen LogP) is 3.77. The van der Waals surface area contributed by atoms with E-state index in [0.29, 0.717) is 11.0 Å². The highest BCUT2D eigenvalue weighted by atomic mass is 79.9. The Morgan fingerprint density at radius 2 is 2.00 bits per heavy atom. The maximum absolute atomic E-state index is 5.92. The van der Waals surface area contributed by atoms with Crippen molar-refractivity contribution in [2.75, 3.05) is 0 Å². The molecule has 0 atom stereocenters.